The number of benzene rings is 4. The van der Waals surface area contributed by atoms with E-state index in [9.17, 15) is 0 Å². The van der Waals surface area contributed by atoms with Crippen molar-refractivity contribution in [1.82, 2.24) is 0 Å². The van der Waals surface area contributed by atoms with E-state index >= 15 is 0 Å². The van der Waals surface area contributed by atoms with Crippen LogP contribution in [-0.2, 0) is 17.1 Å². The van der Waals surface area contributed by atoms with Gasteiger partial charge >= 0.3 is 336 Å². The molecule has 2 atom stereocenters. The zero-order valence-corrected chi connectivity index (χ0v) is 42.2. The van der Waals surface area contributed by atoms with Crippen LogP contribution >= 0.6 is 0 Å². The molecule has 0 radical (unpaired) electrons. The topological polar surface area (TPSA) is 0 Å². The molecule has 4 aromatic rings. The normalized spacial score (nSPS) is 16.9. The maximum absolute atomic E-state index is 4.01. The maximum atomic E-state index is 2.99. The summed E-state index contributed by atoms with van der Waals surface area (Å²) in [6.07, 6.45) is 21.7. The number of hydrogen-bond acceptors (Lipinski definition) is 0. The second-order valence-corrected chi connectivity index (χ2v) is 75.9. The monoisotopic (exact) mass is 934 g/mol. The van der Waals surface area contributed by atoms with Crippen LogP contribution in [0, 0.1) is 0 Å². The quantitative estimate of drug-likeness (QED) is 0.0776. The van der Waals surface area contributed by atoms with Crippen molar-refractivity contribution >= 4 is 44.2 Å². The minimum absolute atomic E-state index is 0.574. The van der Waals surface area contributed by atoms with Crippen LogP contribution in [0.2, 0.25) is 60.7 Å². The molecule has 6 rings (SSSR count). The summed E-state index contributed by atoms with van der Waals surface area (Å²) in [5, 5.41) is 3.08. The van der Waals surface area contributed by atoms with Crippen molar-refractivity contribution < 1.29 is 17.1 Å². The zero-order valence-electron chi connectivity index (χ0n) is 35.6. The number of fused-ring (bicyclic) bond motifs is 2. The Morgan fingerprint density at radius 2 is 0.889 bits per heavy atom. The molecule has 2 unspecified atom stereocenters. The predicted molar refractivity (Wildman–Crippen MR) is 249 cm³/mol. The summed E-state index contributed by atoms with van der Waals surface area (Å²) in [7, 11) is -2.71. The first-order chi connectivity index (χ1) is 25.7. The van der Waals surface area contributed by atoms with Gasteiger partial charge in [-0.1, -0.05) is 0 Å². The summed E-state index contributed by atoms with van der Waals surface area (Å²) in [6.45, 7) is 19.5. The van der Waals surface area contributed by atoms with E-state index in [0.717, 1.165) is 0 Å². The van der Waals surface area contributed by atoms with Gasteiger partial charge in [-0.15, -0.1) is 0 Å². The van der Waals surface area contributed by atoms with E-state index in [-0.39, 0.29) is 0 Å². The SMILES string of the molecule is CCCCCC[Si](CCCCCC)=[Hf]([CH3])([CH3])([CH]1C=Cc2c(-c3ccc([Si](C)(C)C)cc3)cccc21)[CH]1C=Cc2c(-c3ccc([Si](C)(C)C)cc3)cccc21. The van der Waals surface area contributed by atoms with E-state index in [1.54, 1.807) is 21.5 Å². The van der Waals surface area contributed by atoms with Gasteiger partial charge in [-0.25, -0.2) is 0 Å². The van der Waals surface area contributed by atoms with Gasteiger partial charge < -0.3 is 0 Å². The first-order valence-electron chi connectivity index (χ1n) is 21.6. The van der Waals surface area contributed by atoms with Crippen LogP contribution in [0.15, 0.2) is 97.1 Å². The minimum atomic E-state index is -4.01. The molecular formula is C50H70HfSi3. The molecule has 0 fully saturated rings. The Hall–Kier alpha value is -2.12. The molecule has 0 heterocycles. The fraction of sp³-hybridized carbons (Fsp3) is 0.440. The molecule has 0 amide bonds. The molecule has 2 aliphatic rings. The van der Waals surface area contributed by atoms with Crippen molar-refractivity contribution in [3.63, 3.8) is 0 Å². The predicted octanol–water partition coefficient (Wildman–Crippen LogP) is 14.9. The molecule has 0 aromatic heterocycles. The van der Waals surface area contributed by atoms with E-state index in [2.05, 4.69) is 172 Å². The molecule has 0 bridgehead atoms. The van der Waals surface area contributed by atoms with Gasteiger partial charge in [0.25, 0.3) is 0 Å². The molecular weight excluding hydrogens is 863 g/mol. The standard InChI is InChI=1S/2C18H19Si.C12H26Si.2CH3.Hf/c2*1-19(2,3)16-12-10-15(11-13-16)18-9-5-7-14-6-4-8-17(14)18;1-3-5-7-9-11-13-12-10-8-6-4-2;;;/h2*4-13H,1-3H3;3-12H2,1-2H3;2*1H3;. The van der Waals surface area contributed by atoms with Crippen LogP contribution in [-0.4, -0.2) is 21.6 Å². The number of hydrogen-bond donors (Lipinski definition) is 0. The van der Waals surface area contributed by atoms with Crippen molar-refractivity contribution in [1.29, 1.82) is 0 Å². The molecule has 54 heavy (non-hydrogen) atoms. The Labute approximate surface area is 333 Å². The molecule has 2 aliphatic carbocycles. The third-order valence-corrected chi connectivity index (χ3v) is 73.8. The molecule has 0 saturated heterocycles. The molecule has 4 heteroatoms. The van der Waals surface area contributed by atoms with Crippen LogP contribution in [0.25, 0.3) is 34.4 Å². The number of unbranched alkanes of at least 4 members (excludes halogenated alkanes) is 6. The molecule has 0 spiro atoms. The first kappa shape index (κ1) is 41.5. The first-order valence-corrected chi connectivity index (χ1v) is 47.2. The molecule has 4 aromatic carbocycles. The molecule has 0 saturated carbocycles. The Morgan fingerprint density at radius 1 is 0.500 bits per heavy atom. The summed E-state index contributed by atoms with van der Waals surface area (Å²) >= 11 is -4.01. The number of allylic oxidation sites excluding steroid dienone is 2. The summed E-state index contributed by atoms with van der Waals surface area (Å²) in [5.74, 6) is 0. The summed E-state index contributed by atoms with van der Waals surface area (Å²) in [6, 6.07) is 37.0. The van der Waals surface area contributed by atoms with Crippen LogP contribution < -0.4 is 10.4 Å². The van der Waals surface area contributed by atoms with Gasteiger partial charge in [-0.05, 0) is 0 Å². The molecule has 0 N–H and O–H groups in total. The van der Waals surface area contributed by atoms with Gasteiger partial charge in [0.15, 0.2) is 0 Å². The Balaban J connectivity index is 1.52. The average molecular weight is 934 g/mol. The third kappa shape index (κ3) is 8.29. The van der Waals surface area contributed by atoms with E-state index in [1.807, 2.05) is 0 Å². The van der Waals surface area contributed by atoms with Gasteiger partial charge in [0.1, 0.15) is 0 Å². The van der Waals surface area contributed by atoms with E-state index < -0.39 is 38.8 Å². The summed E-state index contributed by atoms with van der Waals surface area (Å²) in [4.78, 5) is 0. The Morgan fingerprint density at radius 3 is 1.24 bits per heavy atom. The van der Waals surface area contributed by atoms with Crippen molar-refractivity contribution in [3.05, 3.63) is 119 Å². The second-order valence-electron chi connectivity index (χ2n) is 19.8. The van der Waals surface area contributed by atoms with Crippen molar-refractivity contribution in [2.45, 2.75) is 133 Å². The van der Waals surface area contributed by atoms with Crippen molar-refractivity contribution in [2.24, 2.45) is 0 Å². The third-order valence-electron chi connectivity index (χ3n) is 13.7. The van der Waals surface area contributed by atoms with E-state index in [0.29, 0.717) is 7.35 Å². The van der Waals surface area contributed by atoms with Gasteiger partial charge in [0.05, 0.1) is 0 Å². The van der Waals surface area contributed by atoms with Crippen LogP contribution in [0.5, 0.6) is 0 Å². The summed E-state index contributed by atoms with van der Waals surface area (Å²) < 4.78 is 7.13. The van der Waals surface area contributed by atoms with E-state index in [1.165, 1.54) is 96.8 Å². The molecule has 0 aliphatic heterocycles. The Kier molecular flexibility index (Phi) is 12.9. The van der Waals surface area contributed by atoms with Gasteiger partial charge in [-0.2, -0.15) is 0 Å². The zero-order chi connectivity index (χ0) is 38.8. The Bertz CT molecular complexity index is 1920. The van der Waals surface area contributed by atoms with E-state index in [4.69, 9.17) is 0 Å². The van der Waals surface area contributed by atoms with Gasteiger partial charge in [-0.3, -0.25) is 0 Å². The second kappa shape index (κ2) is 16.8. The van der Waals surface area contributed by atoms with Crippen LogP contribution in [0.3, 0.4) is 0 Å². The number of rotatable bonds is 16. The van der Waals surface area contributed by atoms with Crippen LogP contribution in [0.4, 0.5) is 0 Å². The molecule has 0 nitrogen and oxygen atoms in total. The van der Waals surface area contributed by atoms with Crippen LogP contribution in [0.1, 0.15) is 94.8 Å². The average Bonchev–Trinajstić information content (AvgIpc) is 3.80. The summed E-state index contributed by atoms with van der Waals surface area (Å²) in [5.41, 5.74) is 11.3. The van der Waals surface area contributed by atoms with Crippen molar-refractivity contribution in [3.8, 4) is 22.3 Å². The van der Waals surface area contributed by atoms with Gasteiger partial charge in [0, 0.05) is 0 Å². The van der Waals surface area contributed by atoms with Crippen molar-refractivity contribution in [2.75, 3.05) is 0 Å². The fourth-order valence-electron chi connectivity index (χ4n) is 10.1. The molecule has 286 valence electrons. The fourth-order valence-corrected chi connectivity index (χ4v) is 65.9. The van der Waals surface area contributed by atoms with Gasteiger partial charge in [0.2, 0.25) is 0 Å².